The normalized spacial score (nSPS) is 21.0. The molecule has 0 aliphatic carbocycles. The van der Waals surface area contributed by atoms with Gasteiger partial charge in [0, 0.05) is 82.1 Å². The molecular formula is C43H48N10O4. The van der Waals surface area contributed by atoms with Crippen molar-refractivity contribution < 1.29 is 19.2 Å². The SMILES string of the molecule is C[C@@H]1CNC(=O)c2cc3ccc(C(=O)Nc4cnn(Cc5ccc(N6CCC(N7CCN(Cc8ccc(C9CCC(=O)NC9=O)cc8)CC7)CC6)cc5)c4)nc3n21. The van der Waals surface area contributed by atoms with E-state index in [9.17, 15) is 19.2 Å². The van der Waals surface area contributed by atoms with Gasteiger partial charge in [-0.2, -0.15) is 5.10 Å². The van der Waals surface area contributed by atoms with Gasteiger partial charge in [-0.1, -0.05) is 36.4 Å². The summed E-state index contributed by atoms with van der Waals surface area (Å²) in [6, 6.07) is 23.0. The molecule has 0 spiro atoms. The highest BCUT2D eigenvalue weighted by Gasteiger charge is 2.30. The number of amides is 4. The fourth-order valence-electron chi connectivity index (χ4n) is 8.88. The van der Waals surface area contributed by atoms with Crippen molar-refractivity contribution in [3.8, 4) is 0 Å². The molecule has 9 rings (SSSR count). The lowest BCUT2D eigenvalue weighted by atomic mass is 9.90. The van der Waals surface area contributed by atoms with Crippen LogP contribution in [0.2, 0.25) is 0 Å². The van der Waals surface area contributed by atoms with E-state index in [0.29, 0.717) is 49.0 Å². The van der Waals surface area contributed by atoms with E-state index in [4.69, 9.17) is 0 Å². The molecule has 0 radical (unpaired) electrons. The number of hydrogen-bond acceptors (Lipinski definition) is 9. The summed E-state index contributed by atoms with van der Waals surface area (Å²) in [5, 5.41) is 13.6. The number of nitrogens with zero attached hydrogens (tertiary/aromatic N) is 7. The van der Waals surface area contributed by atoms with Crippen LogP contribution in [0, 0.1) is 0 Å². The largest absolute Gasteiger partial charge is 0.371 e. The highest BCUT2D eigenvalue weighted by molar-refractivity contribution is 6.05. The third kappa shape index (κ3) is 7.79. The second-order valence-electron chi connectivity index (χ2n) is 15.9. The lowest BCUT2D eigenvalue weighted by Crippen LogP contribution is -2.53. The van der Waals surface area contributed by atoms with Crippen LogP contribution in [-0.4, -0.2) is 105 Å². The molecule has 4 aliphatic heterocycles. The number of piperazine rings is 1. The van der Waals surface area contributed by atoms with Crippen LogP contribution in [0.15, 0.2) is 79.1 Å². The van der Waals surface area contributed by atoms with Gasteiger partial charge in [0.15, 0.2) is 0 Å². The Morgan fingerprint density at radius 1 is 0.860 bits per heavy atom. The predicted octanol–water partition coefficient (Wildman–Crippen LogP) is 4.14. The molecule has 4 amide bonds. The van der Waals surface area contributed by atoms with Crippen LogP contribution in [0.1, 0.15) is 82.2 Å². The van der Waals surface area contributed by atoms with E-state index in [0.717, 1.165) is 75.2 Å². The highest BCUT2D eigenvalue weighted by Crippen LogP contribution is 2.28. The van der Waals surface area contributed by atoms with Crippen molar-refractivity contribution in [3.05, 3.63) is 107 Å². The molecule has 7 heterocycles. The second-order valence-corrected chi connectivity index (χ2v) is 15.9. The molecule has 3 aromatic heterocycles. The van der Waals surface area contributed by atoms with Crippen LogP contribution in [0.25, 0.3) is 11.0 Å². The van der Waals surface area contributed by atoms with E-state index in [-0.39, 0.29) is 41.3 Å². The second kappa shape index (κ2) is 15.6. The smallest absolute Gasteiger partial charge is 0.274 e. The van der Waals surface area contributed by atoms with Crippen molar-refractivity contribution in [1.82, 2.24) is 39.8 Å². The lowest BCUT2D eigenvalue weighted by Gasteiger charge is -2.43. The third-order valence-electron chi connectivity index (χ3n) is 12.1. The minimum Gasteiger partial charge on any atom is -0.371 e. The Hall–Kier alpha value is -5.86. The number of anilines is 2. The highest BCUT2D eigenvalue weighted by atomic mass is 16.2. The number of carbonyl (C=O) groups excluding carboxylic acids is 4. The first-order valence-corrected chi connectivity index (χ1v) is 20.1. The summed E-state index contributed by atoms with van der Waals surface area (Å²) in [7, 11) is 0. The van der Waals surface area contributed by atoms with Gasteiger partial charge in [0.1, 0.15) is 17.0 Å². The van der Waals surface area contributed by atoms with Gasteiger partial charge in [-0.3, -0.25) is 39.0 Å². The first-order chi connectivity index (χ1) is 27.7. The van der Waals surface area contributed by atoms with Gasteiger partial charge < -0.3 is 20.1 Å². The zero-order valence-corrected chi connectivity index (χ0v) is 32.2. The van der Waals surface area contributed by atoms with Gasteiger partial charge in [-0.15, -0.1) is 0 Å². The third-order valence-corrected chi connectivity index (χ3v) is 12.1. The summed E-state index contributed by atoms with van der Waals surface area (Å²) in [5.41, 5.74) is 6.66. The van der Waals surface area contributed by atoms with Crippen LogP contribution in [-0.2, 0) is 22.7 Å². The van der Waals surface area contributed by atoms with E-state index < -0.39 is 0 Å². The number of nitrogens with one attached hydrogen (secondary N) is 3. The molecule has 3 N–H and O–H groups in total. The summed E-state index contributed by atoms with van der Waals surface area (Å²) >= 11 is 0. The molecule has 1 unspecified atom stereocenters. The number of imide groups is 1. The number of carbonyl (C=O) groups is 4. The molecule has 0 saturated carbocycles. The molecule has 4 aliphatic rings. The maximum absolute atomic E-state index is 13.2. The molecule has 3 fully saturated rings. The average Bonchev–Trinajstić information content (AvgIpc) is 3.85. The summed E-state index contributed by atoms with van der Waals surface area (Å²) in [6.07, 6.45) is 6.75. The summed E-state index contributed by atoms with van der Waals surface area (Å²) in [4.78, 5) is 61.6. The van der Waals surface area contributed by atoms with E-state index in [1.165, 1.54) is 11.3 Å². The Balaban J connectivity index is 0.721. The molecule has 14 nitrogen and oxygen atoms in total. The van der Waals surface area contributed by atoms with Gasteiger partial charge in [-0.25, -0.2) is 4.98 Å². The van der Waals surface area contributed by atoms with Crippen molar-refractivity contribution in [2.24, 2.45) is 0 Å². The minimum absolute atomic E-state index is 0.0408. The standard InChI is InChI=1S/C43H48N10O4/c1-28-23-44-43(57)38-22-32-8-12-37(47-40(32)53(28)38)42(56)46-33-24-45-52(27-33)26-30-4-9-34(10-5-30)50-16-14-35(15-17-50)51-20-18-49(19-21-51)25-29-2-6-31(7-3-29)36-11-13-39(54)48-41(36)55/h2-10,12,22,24,27-28,35-36H,11,13-21,23,25-26H2,1H3,(H,44,57)(H,46,56)(H,48,54,55)/t28-,36?/m1/s1. The number of hydrogen-bond donors (Lipinski definition) is 3. The molecule has 2 atom stereocenters. The Morgan fingerprint density at radius 2 is 1.60 bits per heavy atom. The fourth-order valence-corrected chi connectivity index (χ4v) is 8.88. The number of fused-ring (bicyclic) bond motifs is 3. The monoisotopic (exact) mass is 768 g/mol. The van der Waals surface area contributed by atoms with Gasteiger partial charge in [0.2, 0.25) is 11.8 Å². The van der Waals surface area contributed by atoms with Gasteiger partial charge in [0.25, 0.3) is 11.8 Å². The van der Waals surface area contributed by atoms with E-state index in [2.05, 4.69) is 77.1 Å². The predicted molar refractivity (Wildman–Crippen MR) is 216 cm³/mol. The first-order valence-electron chi connectivity index (χ1n) is 20.1. The molecule has 0 bridgehead atoms. The van der Waals surface area contributed by atoms with Crippen LogP contribution < -0.4 is 20.9 Å². The number of rotatable bonds is 9. The van der Waals surface area contributed by atoms with Crippen molar-refractivity contribution in [2.45, 2.75) is 63.7 Å². The quantitative estimate of drug-likeness (QED) is 0.188. The molecule has 294 valence electrons. The Morgan fingerprint density at radius 3 is 2.35 bits per heavy atom. The van der Waals surface area contributed by atoms with Crippen molar-refractivity contribution >= 4 is 46.0 Å². The maximum atomic E-state index is 13.2. The Labute approximate surface area is 331 Å². The van der Waals surface area contributed by atoms with E-state index in [1.54, 1.807) is 12.3 Å². The number of aromatic nitrogens is 4. The number of piperidine rings is 2. The maximum Gasteiger partial charge on any atom is 0.274 e. The minimum atomic E-state index is -0.331. The lowest BCUT2D eigenvalue weighted by molar-refractivity contribution is -0.134. The van der Waals surface area contributed by atoms with Crippen LogP contribution in [0.3, 0.4) is 0 Å². The number of benzene rings is 2. The summed E-state index contributed by atoms with van der Waals surface area (Å²) in [5.74, 6) is -1.06. The van der Waals surface area contributed by atoms with Crippen LogP contribution in [0.4, 0.5) is 11.4 Å². The van der Waals surface area contributed by atoms with Crippen LogP contribution in [0.5, 0.6) is 0 Å². The molecular weight excluding hydrogens is 721 g/mol. The number of pyridine rings is 1. The van der Waals surface area contributed by atoms with Crippen LogP contribution >= 0.6 is 0 Å². The molecule has 2 aromatic carbocycles. The fraction of sp³-hybridized carbons (Fsp3) is 0.395. The topological polar surface area (TPSA) is 150 Å². The van der Waals surface area contributed by atoms with Crippen molar-refractivity contribution in [3.63, 3.8) is 0 Å². The average molecular weight is 769 g/mol. The Kier molecular flexibility index (Phi) is 10.1. The Bertz CT molecular complexity index is 2300. The molecule has 57 heavy (non-hydrogen) atoms. The van der Waals surface area contributed by atoms with Crippen molar-refractivity contribution in [2.75, 3.05) is 56.0 Å². The van der Waals surface area contributed by atoms with E-state index in [1.807, 2.05) is 46.6 Å². The van der Waals surface area contributed by atoms with Gasteiger partial charge in [-0.05, 0) is 73.2 Å². The zero-order chi connectivity index (χ0) is 39.0. The first kappa shape index (κ1) is 36.8. The van der Waals surface area contributed by atoms with E-state index >= 15 is 0 Å². The van der Waals surface area contributed by atoms with Gasteiger partial charge in [0.05, 0.1) is 30.4 Å². The molecule has 3 saturated heterocycles. The summed E-state index contributed by atoms with van der Waals surface area (Å²) < 4.78 is 3.72. The molecule has 14 heteroatoms. The zero-order valence-electron chi connectivity index (χ0n) is 32.2. The summed E-state index contributed by atoms with van der Waals surface area (Å²) in [6.45, 7) is 10.4. The van der Waals surface area contributed by atoms with Gasteiger partial charge >= 0.3 is 0 Å². The van der Waals surface area contributed by atoms with Crippen molar-refractivity contribution in [1.29, 1.82) is 0 Å². The molecule has 5 aromatic rings.